The fourth-order valence-corrected chi connectivity index (χ4v) is 4.11. The molecule has 1 saturated heterocycles. The van der Waals surface area contributed by atoms with Crippen LogP contribution in [0.5, 0.6) is 11.5 Å². The maximum absolute atomic E-state index is 12.9. The molecule has 0 radical (unpaired) electrons. The van der Waals surface area contributed by atoms with Crippen LogP contribution >= 0.6 is 0 Å². The zero-order valence-electron chi connectivity index (χ0n) is 16.9. The number of unbranched alkanes of at least 4 members (excludes halogenated alkanes) is 1. The number of aromatic hydroxyl groups is 1. The van der Waals surface area contributed by atoms with Gasteiger partial charge in [-0.2, -0.15) is 0 Å². The summed E-state index contributed by atoms with van der Waals surface area (Å²) in [5, 5.41) is 20.8. The van der Waals surface area contributed by atoms with Crippen LogP contribution in [-0.4, -0.2) is 40.0 Å². The predicted molar refractivity (Wildman–Crippen MR) is 112 cm³/mol. The Bertz CT molecular complexity index is 1010. The van der Waals surface area contributed by atoms with Gasteiger partial charge in [0.2, 0.25) is 0 Å². The van der Waals surface area contributed by atoms with Crippen molar-refractivity contribution >= 4 is 17.4 Å². The van der Waals surface area contributed by atoms with Crippen LogP contribution in [0.3, 0.4) is 0 Å². The van der Waals surface area contributed by atoms with Crippen LogP contribution in [0.4, 0.5) is 0 Å². The molecule has 2 aliphatic heterocycles. The van der Waals surface area contributed by atoms with Gasteiger partial charge in [-0.3, -0.25) is 9.59 Å². The third-order valence-electron chi connectivity index (χ3n) is 5.68. The van der Waals surface area contributed by atoms with Gasteiger partial charge >= 0.3 is 0 Å². The number of aliphatic hydroxyl groups excluding tert-OH is 1. The third-order valence-corrected chi connectivity index (χ3v) is 5.68. The molecule has 2 heterocycles. The van der Waals surface area contributed by atoms with Gasteiger partial charge in [-0.1, -0.05) is 25.5 Å². The smallest absolute Gasteiger partial charge is 0.295 e. The van der Waals surface area contributed by atoms with Gasteiger partial charge in [0, 0.05) is 12.1 Å². The van der Waals surface area contributed by atoms with Crippen molar-refractivity contribution in [1.82, 2.24) is 4.90 Å². The molecule has 6 heteroatoms. The van der Waals surface area contributed by atoms with Crippen LogP contribution < -0.4 is 4.74 Å². The number of amides is 1. The van der Waals surface area contributed by atoms with E-state index in [1.54, 1.807) is 24.3 Å². The van der Waals surface area contributed by atoms with Crippen LogP contribution in [0.1, 0.15) is 48.9 Å². The molecule has 0 spiro atoms. The van der Waals surface area contributed by atoms with Crippen molar-refractivity contribution in [1.29, 1.82) is 0 Å². The quantitative estimate of drug-likeness (QED) is 0.445. The van der Waals surface area contributed by atoms with Crippen LogP contribution in [0.15, 0.2) is 48.0 Å². The Balaban J connectivity index is 1.82. The van der Waals surface area contributed by atoms with Gasteiger partial charge < -0.3 is 19.8 Å². The summed E-state index contributed by atoms with van der Waals surface area (Å²) in [5.74, 6) is -0.589. The Morgan fingerprint density at radius 3 is 2.67 bits per heavy atom. The summed E-state index contributed by atoms with van der Waals surface area (Å²) in [6.45, 7) is 3.10. The number of fused-ring (bicyclic) bond motifs is 1. The number of aryl methyl sites for hydroxylation is 1. The Labute approximate surface area is 175 Å². The number of ketones is 1. The molecule has 1 atom stereocenters. The van der Waals surface area contributed by atoms with Crippen molar-refractivity contribution in [3.05, 3.63) is 64.7 Å². The molecule has 0 saturated carbocycles. The maximum Gasteiger partial charge on any atom is 0.295 e. The minimum atomic E-state index is -0.690. The summed E-state index contributed by atoms with van der Waals surface area (Å²) in [6.07, 6.45) is 3.35. The van der Waals surface area contributed by atoms with Crippen LogP contribution in [0, 0.1) is 0 Å². The molecule has 1 amide bonds. The van der Waals surface area contributed by atoms with Gasteiger partial charge in [-0.15, -0.1) is 0 Å². The van der Waals surface area contributed by atoms with Gasteiger partial charge in [-0.05, 0) is 60.7 Å². The molecule has 156 valence electrons. The molecule has 0 aromatic heterocycles. The summed E-state index contributed by atoms with van der Waals surface area (Å²) < 4.78 is 5.63. The number of phenolic OH excluding ortho intramolecular Hbond substituents is 1. The summed E-state index contributed by atoms with van der Waals surface area (Å²) >= 11 is 0. The van der Waals surface area contributed by atoms with E-state index in [1.165, 1.54) is 17.0 Å². The summed E-state index contributed by atoms with van der Waals surface area (Å²) in [6, 6.07) is 11.1. The summed E-state index contributed by atoms with van der Waals surface area (Å²) in [7, 11) is 0. The number of aliphatic hydroxyl groups is 1. The SMILES string of the molecule is CCCCN1C(=O)C(=O)/C(=C(\O)c2ccc3c(c2)CCCO3)C1c1ccc(O)cc1. The third kappa shape index (κ3) is 3.54. The molecule has 2 aliphatic rings. The lowest BCUT2D eigenvalue weighted by atomic mass is 9.94. The van der Waals surface area contributed by atoms with E-state index in [0.717, 1.165) is 37.0 Å². The molecule has 4 rings (SSSR count). The van der Waals surface area contributed by atoms with Crippen LogP contribution in [0.25, 0.3) is 5.76 Å². The fourth-order valence-electron chi connectivity index (χ4n) is 4.11. The lowest BCUT2D eigenvalue weighted by molar-refractivity contribution is -0.139. The molecule has 1 fully saturated rings. The fraction of sp³-hybridized carbons (Fsp3) is 0.333. The standard InChI is InChI=1S/C24H25NO5/c1-2-3-12-25-21(15-6-9-18(26)10-7-15)20(23(28)24(25)29)22(27)17-8-11-19-16(14-17)5-4-13-30-19/h6-11,14,21,26-27H,2-5,12-13H2,1H3/b22-20-. The van der Waals surface area contributed by atoms with E-state index in [1.807, 2.05) is 13.0 Å². The molecule has 6 nitrogen and oxygen atoms in total. The van der Waals surface area contributed by atoms with Crippen molar-refractivity contribution in [2.45, 2.75) is 38.6 Å². The Kier molecular flexibility index (Phi) is 5.48. The molecule has 2 aromatic rings. The van der Waals surface area contributed by atoms with Gasteiger partial charge in [0.25, 0.3) is 11.7 Å². The first-order chi connectivity index (χ1) is 14.5. The molecule has 1 unspecified atom stereocenters. The number of carbonyl (C=O) groups excluding carboxylic acids is 2. The normalized spacial score (nSPS) is 20.2. The summed E-state index contributed by atoms with van der Waals surface area (Å²) in [4.78, 5) is 27.3. The average Bonchev–Trinajstić information content (AvgIpc) is 3.02. The highest BCUT2D eigenvalue weighted by Gasteiger charge is 2.45. The van der Waals surface area contributed by atoms with Crippen molar-refractivity contribution in [2.24, 2.45) is 0 Å². The average molecular weight is 407 g/mol. The van der Waals surface area contributed by atoms with Gasteiger partial charge in [0.15, 0.2) is 0 Å². The monoisotopic (exact) mass is 407 g/mol. The molecule has 2 N–H and O–H groups in total. The molecule has 30 heavy (non-hydrogen) atoms. The minimum Gasteiger partial charge on any atom is -0.508 e. The number of rotatable bonds is 5. The molecular weight excluding hydrogens is 382 g/mol. The molecule has 0 aliphatic carbocycles. The first kappa shape index (κ1) is 20.0. The highest BCUT2D eigenvalue weighted by molar-refractivity contribution is 6.46. The highest BCUT2D eigenvalue weighted by atomic mass is 16.5. The Morgan fingerprint density at radius 2 is 1.93 bits per heavy atom. The highest BCUT2D eigenvalue weighted by Crippen LogP contribution is 2.40. The second-order valence-corrected chi connectivity index (χ2v) is 7.71. The molecule has 0 bridgehead atoms. The number of hydrogen-bond acceptors (Lipinski definition) is 5. The topological polar surface area (TPSA) is 87.1 Å². The number of nitrogens with zero attached hydrogens (tertiary/aromatic N) is 1. The van der Waals surface area contributed by atoms with E-state index >= 15 is 0 Å². The van der Waals surface area contributed by atoms with E-state index in [-0.39, 0.29) is 17.1 Å². The van der Waals surface area contributed by atoms with Gasteiger partial charge in [-0.25, -0.2) is 0 Å². The predicted octanol–water partition coefficient (Wildman–Crippen LogP) is 3.94. The number of hydrogen-bond donors (Lipinski definition) is 2. The van der Waals surface area contributed by atoms with E-state index in [9.17, 15) is 19.8 Å². The van der Waals surface area contributed by atoms with E-state index in [2.05, 4.69) is 0 Å². The van der Waals surface area contributed by atoms with Crippen LogP contribution in [0.2, 0.25) is 0 Å². The Morgan fingerprint density at radius 1 is 1.17 bits per heavy atom. The van der Waals surface area contributed by atoms with Crippen molar-refractivity contribution in [2.75, 3.05) is 13.2 Å². The number of carbonyl (C=O) groups is 2. The zero-order chi connectivity index (χ0) is 21.3. The maximum atomic E-state index is 12.9. The first-order valence-electron chi connectivity index (χ1n) is 10.3. The largest absolute Gasteiger partial charge is 0.508 e. The van der Waals surface area contributed by atoms with E-state index in [4.69, 9.17) is 4.74 Å². The second-order valence-electron chi connectivity index (χ2n) is 7.71. The van der Waals surface area contributed by atoms with E-state index < -0.39 is 17.7 Å². The van der Waals surface area contributed by atoms with Gasteiger partial charge in [0.1, 0.15) is 17.3 Å². The number of Topliss-reactive ketones (excluding diaryl/α,β-unsaturated/α-hetero) is 1. The lowest BCUT2D eigenvalue weighted by Crippen LogP contribution is -2.30. The number of benzene rings is 2. The lowest BCUT2D eigenvalue weighted by Gasteiger charge is -2.25. The second kappa shape index (κ2) is 8.22. The van der Waals surface area contributed by atoms with Crippen molar-refractivity contribution in [3.63, 3.8) is 0 Å². The van der Waals surface area contributed by atoms with E-state index in [0.29, 0.717) is 24.3 Å². The number of ether oxygens (including phenoxy) is 1. The van der Waals surface area contributed by atoms with Crippen molar-refractivity contribution < 1.29 is 24.5 Å². The minimum absolute atomic E-state index is 0.0819. The Hall–Kier alpha value is -3.28. The number of likely N-dealkylation sites (tertiary alicyclic amines) is 1. The van der Waals surface area contributed by atoms with Gasteiger partial charge in [0.05, 0.1) is 18.2 Å². The molecule has 2 aromatic carbocycles. The van der Waals surface area contributed by atoms with Crippen molar-refractivity contribution in [3.8, 4) is 11.5 Å². The van der Waals surface area contributed by atoms with Crippen LogP contribution in [-0.2, 0) is 16.0 Å². The molecular formula is C24H25NO5. The number of phenols is 1. The zero-order valence-corrected chi connectivity index (χ0v) is 16.9. The first-order valence-corrected chi connectivity index (χ1v) is 10.3. The summed E-state index contributed by atoms with van der Waals surface area (Å²) in [5.41, 5.74) is 2.23.